The third-order valence-electron chi connectivity index (χ3n) is 4.83. The van der Waals surface area contributed by atoms with Crippen molar-refractivity contribution in [3.63, 3.8) is 0 Å². The monoisotopic (exact) mass is 331 g/mol. The predicted molar refractivity (Wildman–Crippen MR) is 89.8 cm³/mol. The number of likely N-dealkylation sites (tertiary alicyclic amines) is 1. The first-order chi connectivity index (χ1) is 11.6. The van der Waals surface area contributed by atoms with Gasteiger partial charge in [-0.15, -0.1) is 0 Å². The van der Waals surface area contributed by atoms with Crippen molar-refractivity contribution in [2.45, 2.75) is 38.7 Å². The van der Waals surface area contributed by atoms with Crippen LogP contribution in [-0.2, 0) is 4.74 Å². The highest BCUT2D eigenvalue weighted by molar-refractivity contribution is 5.99. The first-order valence-electron chi connectivity index (χ1n) is 8.77. The molecule has 1 aromatic heterocycles. The summed E-state index contributed by atoms with van der Waals surface area (Å²) in [5, 5.41) is 2.86. The van der Waals surface area contributed by atoms with Crippen LogP contribution in [0, 0.1) is 5.92 Å². The summed E-state index contributed by atoms with van der Waals surface area (Å²) in [6, 6.07) is 1.64. The molecule has 1 aromatic rings. The minimum atomic E-state index is -0.208. The summed E-state index contributed by atoms with van der Waals surface area (Å²) in [6.45, 7) is 5.02. The van der Waals surface area contributed by atoms with Crippen LogP contribution in [0.25, 0.3) is 0 Å². The molecule has 6 heteroatoms. The van der Waals surface area contributed by atoms with Crippen LogP contribution in [0.15, 0.2) is 18.5 Å². The molecule has 2 fully saturated rings. The van der Waals surface area contributed by atoms with Gasteiger partial charge in [-0.25, -0.2) is 0 Å². The lowest BCUT2D eigenvalue weighted by Crippen LogP contribution is -2.38. The van der Waals surface area contributed by atoms with E-state index in [0.29, 0.717) is 23.6 Å². The van der Waals surface area contributed by atoms with Gasteiger partial charge in [0.25, 0.3) is 11.8 Å². The number of amides is 2. The average molecular weight is 331 g/mol. The zero-order chi connectivity index (χ0) is 16.9. The molecule has 24 heavy (non-hydrogen) atoms. The summed E-state index contributed by atoms with van der Waals surface area (Å²) in [6.07, 6.45) is 7.21. The van der Waals surface area contributed by atoms with Crippen LogP contribution >= 0.6 is 0 Å². The SMILES string of the molecule is CC1CCN(C(=O)c2cncc(C(=O)NCC3CCCO3)c2)CC1. The summed E-state index contributed by atoms with van der Waals surface area (Å²) in [7, 11) is 0. The number of ether oxygens (including phenoxy) is 1. The maximum absolute atomic E-state index is 12.6. The first-order valence-corrected chi connectivity index (χ1v) is 8.77. The Morgan fingerprint density at radius 2 is 2.00 bits per heavy atom. The topological polar surface area (TPSA) is 71.5 Å². The number of nitrogens with one attached hydrogen (secondary N) is 1. The van der Waals surface area contributed by atoms with Crippen molar-refractivity contribution >= 4 is 11.8 Å². The van der Waals surface area contributed by atoms with Crippen LogP contribution in [0.4, 0.5) is 0 Å². The molecule has 3 rings (SSSR count). The Hall–Kier alpha value is -1.95. The molecule has 2 aliphatic heterocycles. The van der Waals surface area contributed by atoms with Gasteiger partial charge in [0.05, 0.1) is 17.2 Å². The normalized spacial score (nSPS) is 21.7. The standard InChI is InChI=1S/C18H25N3O3/c1-13-4-6-21(7-5-13)18(23)15-9-14(10-19-11-15)17(22)20-12-16-3-2-8-24-16/h9-11,13,16H,2-8,12H2,1H3,(H,20,22). The van der Waals surface area contributed by atoms with E-state index in [-0.39, 0.29) is 17.9 Å². The van der Waals surface area contributed by atoms with Crippen molar-refractivity contribution in [3.05, 3.63) is 29.6 Å². The fourth-order valence-electron chi connectivity index (χ4n) is 3.19. The molecule has 130 valence electrons. The summed E-state index contributed by atoms with van der Waals surface area (Å²) in [5.41, 5.74) is 0.901. The zero-order valence-corrected chi connectivity index (χ0v) is 14.2. The number of piperidine rings is 1. The summed E-state index contributed by atoms with van der Waals surface area (Å²) < 4.78 is 5.50. The van der Waals surface area contributed by atoms with Crippen molar-refractivity contribution in [1.29, 1.82) is 0 Å². The number of pyridine rings is 1. The molecule has 0 spiro atoms. The van der Waals surface area contributed by atoms with E-state index in [1.165, 1.54) is 12.4 Å². The molecule has 0 saturated carbocycles. The zero-order valence-electron chi connectivity index (χ0n) is 14.2. The second kappa shape index (κ2) is 7.75. The number of hydrogen-bond donors (Lipinski definition) is 1. The van der Waals surface area contributed by atoms with E-state index in [0.717, 1.165) is 45.4 Å². The van der Waals surface area contributed by atoms with Crippen molar-refractivity contribution in [2.24, 2.45) is 5.92 Å². The highest BCUT2D eigenvalue weighted by Crippen LogP contribution is 2.18. The van der Waals surface area contributed by atoms with Crippen LogP contribution in [0.1, 0.15) is 53.3 Å². The lowest BCUT2D eigenvalue weighted by Gasteiger charge is -2.30. The lowest BCUT2D eigenvalue weighted by atomic mass is 9.98. The molecule has 2 saturated heterocycles. The maximum atomic E-state index is 12.6. The van der Waals surface area contributed by atoms with Crippen molar-refractivity contribution in [2.75, 3.05) is 26.2 Å². The van der Waals surface area contributed by atoms with Gasteiger partial charge in [-0.1, -0.05) is 6.92 Å². The van der Waals surface area contributed by atoms with Gasteiger partial charge in [-0.3, -0.25) is 14.6 Å². The number of hydrogen-bond acceptors (Lipinski definition) is 4. The molecular weight excluding hydrogens is 306 g/mol. The third-order valence-corrected chi connectivity index (χ3v) is 4.83. The Bertz CT molecular complexity index is 591. The van der Waals surface area contributed by atoms with Crippen molar-refractivity contribution in [1.82, 2.24) is 15.2 Å². The number of aromatic nitrogens is 1. The van der Waals surface area contributed by atoms with E-state index in [9.17, 15) is 9.59 Å². The highest BCUT2D eigenvalue weighted by atomic mass is 16.5. The smallest absolute Gasteiger partial charge is 0.255 e. The Balaban J connectivity index is 1.60. The van der Waals surface area contributed by atoms with Gasteiger partial charge in [0.1, 0.15) is 0 Å². The van der Waals surface area contributed by atoms with Crippen molar-refractivity contribution < 1.29 is 14.3 Å². The van der Waals surface area contributed by atoms with Gasteiger partial charge in [-0.05, 0) is 37.7 Å². The maximum Gasteiger partial charge on any atom is 0.255 e. The predicted octanol–water partition coefficient (Wildman–Crippen LogP) is 1.86. The molecular formula is C18H25N3O3. The average Bonchev–Trinajstić information content (AvgIpc) is 3.13. The quantitative estimate of drug-likeness (QED) is 0.914. The molecule has 0 aliphatic carbocycles. The fraction of sp³-hybridized carbons (Fsp3) is 0.611. The van der Waals surface area contributed by atoms with Gasteiger partial charge in [0, 0.05) is 38.6 Å². The number of carbonyl (C=O) groups excluding carboxylic acids is 2. The summed E-state index contributed by atoms with van der Waals surface area (Å²) in [5.74, 6) is 0.421. The van der Waals surface area contributed by atoms with Crippen LogP contribution in [0.3, 0.4) is 0 Å². The molecule has 0 radical (unpaired) electrons. The second-order valence-corrected chi connectivity index (χ2v) is 6.78. The van der Waals surface area contributed by atoms with Crippen LogP contribution in [0.5, 0.6) is 0 Å². The summed E-state index contributed by atoms with van der Waals surface area (Å²) >= 11 is 0. The van der Waals surface area contributed by atoms with E-state index in [2.05, 4.69) is 17.2 Å². The number of carbonyl (C=O) groups is 2. The van der Waals surface area contributed by atoms with E-state index in [1.807, 2.05) is 4.90 Å². The molecule has 0 bridgehead atoms. The molecule has 1 unspecified atom stereocenters. The molecule has 1 N–H and O–H groups in total. The van der Waals surface area contributed by atoms with E-state index in [4.69, 9.17) is 4.74 Å². The van der Waals surface area contributed by atoms with Gasteiger partial charge >= 0.3 is 0 Å². The molecule has 3 heterocycles. The highest BCUT2D eigenvalue weighted by Gasteiger charge is 2.22. The number of rotatable bonds is 4. The molecule has 2 aliphatic rings. The fourth-order valence-corrected chi connectivity index (χ4v) is 3.19. The molecule has 2 amide bonds. The Morgan fingerprint density at radius 3 is 2.71 bits per heavy atom. The lowest BCUT2D eigenvalue weighted by molar-refractivity contribution is 0.0696. The molecule has 0 aromatic carbocycles. The second-order valence-electron chi connectivity index (χ2n) is 6.78. The molecule has 1 atom stereocenters. The largest absolute Gasteiger partial charge is 0.376 e. The van der Waals surface area contributed by atoms with Crippen LogP contribution < -0.4 is 5.32 Å². The van der Waals surface area contributed by atoms with Crippen LogP contribution in [-0.4, -0.2) is 54.0 Å². The minimum absolute atomic E-state index is 0.0387. The Labute approximate surface area is 142 Å². The van der Waals surface area contributed by atoms with Gasteiger partial charge in [0.2, 0.25) is 0 Å². The Kier molecular flexibility index (Phi) is 5.45. The van der Waals surface area contributed by atoms with E-state index < -0.39 is 0 Å². The third kappa shape index (κ3) is 4.12. The van der Waals surface area contributed by atoms with E-state index >= 15 is 0 Å². The number of nitrogens with zero attached hydrogens (tertiary/aromatic N) is 2. The van der Waals surface area contributed by atoms with Gasteiger partial charge < -0.3 is 15.0 Å². The first kappa shape index (κ1) is 16.9. The minimum Gasteiger partial charge on any atom is -0.376 e. The molecule has 6 nitrogen and oxygen atoms in total. The van der Waals surface area contributed by atoms with Crippen molar-refractivity contribution in [3.8, 4) is 0 Å². The van der Waals surface area contributed by atoms with Crippen LogP contribution in [0.2, 0.25) is 0 Å². The van der Waals surface area contributed by atoms with Gasteiger partial charge in [0.15, 0.2) is 0 Å². The van der Waals surface area contributed by atoms with E-state index in [1.54, 1.807) is 6.07 Å². The van der Waals surface area contributed by atoms with Gasteiger partial charge in [-0.2, -0.15) is 0 Å². The summed E-state index contributed by atoms with van der Waals surface area (Å²) in [4.78, 5) is 30.8. The Morgan fingerprint density at radius 1 is 1.25 bits per heavy atom.